The quantitative estimate of drug-likeness (QED) is 0.725. The van der Waals surface area contributed by atoms with Gasteiger partial charge in [-0.25, -0.2) is 9.66 Å². The number of nitrogens with one attached hydrogen (secondary N) is 1. The summed E-state index contributed by atoms with van der Waals surface area (Å²) < 4.78 is 1.58. The van der Waals surface area contributed by atoms with Crippen molar-refractivity contribution in [2.45, 2.75) is 18.9 Å². The average molecular weight is 403 g/mol. The summed E-state index contributed by atoms with van der Waals surface area (Å²) in [5, 5.41) is 0.770. The lowest BCUT2D eigenvalue weighted by Crippen LogP contribution is -2.45. The van der Waals surface area contributed by atoms with Gasteiger partial charge in [0.1, 0.15) is 12.4 Å². The Morgan fingerprint density at radius 3 is 2.63 bits per heavy atom. The molecule has 0 bridgehead atoms. The number of fused-ring (bicyclic) bond motifs is 1. The number of hydrogen-bond acceptors (Lipinski definition) is 3. The van der Waals surface area contributed by atoms with Gasteiger partial charge in [-0.05, 0) is 43.2 Å². The van der Waals surface area contributed by atoms with Crippen molar-refractivity contribution < 1.29 is 9.59 Å². The van der Waals surface area contributed by atoms with E-state index in [9.17, 15) is 9.59 Å². The first kappa shape index (κ1) is 17.8. The topological polar surface area (TPSA) is 67.2 Å². The van der Waals surface area contributed by atoms with Crippen LogP contribution >= 0.6 is 23.2 Å². The lowest BCUT2D eigenvalue weighted by molar-refractivity contribution is -0.120. The Balaban J connectivity index is 1.55. The predicted octanol–water partition coefficient (Wildman–Crippen LogP) is 3.72. The molecule has 0 saturated carbocycles. The van der Waals surface area contributed by atoms with E-state index in [1.54, 1.807) is 34.1 Å². The maximum absolute atomic E-state index is 12.9. The highest BCUT2D eigenvalue weighted by Gasteiger charge is 2.35. The Morgan fingerprint density at radius 1 is 1.11 bits per heavy atom. The van der Waals surface area contributed by atoms with Crippen molar-refractivity contribution in [3.63, 3.8) is 0 Å². The van der Waals surface area contributed by atoms with Crippen LogP contribution in [0.2, 0.25) is 10.0 Å². The van der Waals surface area contributed by atoms with E-state index in [1.807, 2.05) is 24.3 Å². The monoisotopic (exact) mass is 402 g/mol. The van der Waals surface area contributed by atoms with Gasteiger partial charge in [0, 0.05) is 22.2 Å². The lowest BCUT2D eigenvalue weighted by atomic mass is 10.1. The van der Waals surface area contributed by atoms with E-state index >= 15 is 0 Å². The number of para-hydroxylation sites is 2. The second-order valence-electron chi connectivity index (χ2n) is 6.39. The fourth-order valence-corrected chi connectivity index (χ4v) is 3.89. The normalized spacial score (nSPS) is 16.7. The summed E-state index contributed by atoms with van der Waals surface area (Å²) in [6.45, 7) is 0.506. The highest BCUT2D eigenvalue weighted by atomic mass is 35.5. The van der Waals surface area contributed by atoms with E-state index in [0.717, 1.165) is 17.5 Å². The fourth-order valence-electron chi connectivity index (χ4n) is 3.37. The Hall–Kier alpha value is -2.57. The smallest absolute Gasteiger partial charge is 0.261 e. The molecule has 138 valence electrons. The molecule has 8 heteroatoms. The zero-order valence-corrected chi connectivity index (χ0v) is 15.7. The molecule has 1 aliphatic heterocycles. The van der Waals surface area contributed by atoms with E-state index in [0.29, 0.717) is 28.6 Å². The number of halogens is 2. The van der Waals surface area contributed by atoms with Gasteiger partial charge >= 0.3 is 0 Å². The third-order valence-electron chi connectivity index (χ3n) is 4.61. The molecule has 0 spiro atoms. The Labute approximate surface area is 165 Å². The van der Waals surface area contributed by atoms with Crippen molar-refractivity contribution in [3.05, 3.63) is 64.4 Å². The number of likely N-dealkylation sites (tertiary alicyclic amines) is 1. The van der Waals surface area contributed by atoms with Crippen LogP contribution in [0.3, 0.4) is 0 Å². The molecule has 27 heavy (non-hydrogen) atoms. The number of aromatic nitrogens is 2. The molecule has 3 aromatic rings. The van der Waals surface area contributed by atoms with Gasteiger partial charge in [-0.3, -0.25) is 15.0 Å². The summed E-state index contributed by atoms with van der Waals surface area (Å²) in [6, 6.07) is 11.6. The zero-order chi connectivity index (χ0) is 19.0. The van der Waals surface area contributed by atoms with Crippen LogP contribution < -0.4 is 5.43 Å². The van der Waals surface area contributed by atoms with E-state index in [4.69, 9.17) is 23.2 Å². The number of benzene rings is 2. The van der Waals surface area contributed by atoms with E-state index in [-0.39, 0.29) is 11.8 Å². The van der Waals surface area contributed by atoms with Crippen LogP contribution in [-0.4, -0.2) is 39.0 Å². The van der Waals surface area contributed by atoms with Gasteiger partial charge in [-0.1, -0.05) is 35.3 Å². The minimum atomic E-state index is -0.559. The molecule has 0 aliphatic carbocycles. The number of carbonyl (C=O) groups is 2. The number of carbonyl (C=O) groups excluding carboxylic acids is 2. The second kappa shape index (κ2) is 7.21. The van der Waals surface area contributed by atoms with E-state index < -0.39 is 6.04 Å². The molecular weight excluding hydrogens is 387 g/mol. The standard InChI is InChI=1S/C19H16Cl2N4O2/c20-13-8-12(9-14(21)10-13)19(27)24-7-3-6-17(24)18(26)23-25-11-22-15-4-1-2-5-16(15)25/h1-2,4-5,8-11,17H,3,6-7H2,(H,23,26)/t17-/m1/s1. The van der Waals surface area contributed by atoms with Crippen molar-refractivity contribution in [2.75, 3.05) is 12.0 Å². The number of imidazole rings is 1. The van der Waals surface area contributed by atoms with Gasteiger partial charge in [0.25, 0.3) is 11.8 Å². The summed E-state index contributed by atoms with van der Waals surface area (Å²) in [6.07, 6.45) is 2.90. The van der Waals surface area contributed by atoms with Crippen LogP contribution in [0.1, 0.15) is 23.2 Å². The zero-order valence-electron chi connectivity index (χ0n) is 14.2. The number of hydrogen-bond donors (Lipinski definition) is 1. The van der Waals surface area contributed by atoms with Crippen LogP contribution in [0.25, 0.3) is 11.0 Å². The average Bonchev–Trinajstić information content (AvgIpc) is 3.28. The summed E-state index contributed by atoms with van der Waals surface area (Å²) in [5.74, 6) is -0.510. The largest absolute Gasteiger partial charge is 0.327 e. The molecule has 2 heterocycles. The van der Waals surface area contributed by atoms with Crippen molar-refractivity contribution in [2.24, 2.45) is 0 Å². The van der Waals surface area contributed by atoms with Gasteiger partial charge in [-0.2, -0.15) is 0 Å². The van der Waals surface area contributed by atoms with Gasteiger partial charge in [0.05, 0.1) is 11.0 Å². The number of nitrogens with zero attached hydrogens (tertiary/aromatic N) is 3. The molecule has 1 N–H and O–H groups in total. The van der Waals surface area contributed by atoms with Gasteiger partial charge in [0.2, 0.25) is 0 Å². The van der Waals surface area contributed by atoms with Crippen LogP contribution in [0.4, 0.5) is 0 Å². The summed E-state index contributed by atoms with van der Waals surface area (Å²) in [7, 11) is 0. The molecule has 1 aromatic heterocycles. The minimum Gasteiger partial charge on any atom is -0.327 e. The Kier molecular flexibility index (Phi) is 4.76. The highest BCUT2D eigenvalue weighted by molar-refractivity contribution is 6.35. The van der Waals surface area contributed by atoms with Crippen molar-refractivity contribution in [3.8, 4) is 0 Å². The number of rotatable bonds is 3. The van der Waals surface area contributed by atoms with E-state index in [1.165, 1.54) is 0 Å². The third-order valence-corrected chi connectivity index (χ3v) is 5.05. The van der Waals surface area contributed by atoms with Crippen LogP contribution in [0.5, 0.6) is 0 Å². The molecule has 0 unspecified atom stereocenters. The van der Waals surface area contributed by atoms with Crippen LogP contribution in [0.15, 0.2) is 48.8 Å². The summed E-state index contributed by atoms with van der Waals surface area (Å²) in [4.78, 5) is 31.5. The first-order chi connectivity index (χ1) is 13.0. The predicted molar refractivity (Wildman–Crippen MR) is 105 cm³/mol. The molecular formula is C19H16Cl2N4O2. The maximum Gasteiger partial charge on any atom is 0.261 e. The van der Waals surface area contributed by atoms with Gasteiger partial charge in [0.15, 0.2) is 0 Å². The first-order valence-corrected chi connectivity index (χ1v) is 9.28. The van der Waals surface area contributed by atoms with Crippen molar-refractivity contribution in [1.82, 2.24) is 14.6 Å². The molecule has 4 rings (SSSR count). The Morgan fingerprint density at radius 2 is 1.85 bits per heavy atom. The molecule has 1 saturated heterocycles. The molecule has 1 aliphatic rings. The highest BCUT2D eigenvalue weighted by Crippen LogP contribution is 2.25. The van der Waals surface area contributed by atoms with Crippen LogP contribution in [-0.2, 0) is 4.79 Å². The SMILES string of the molecule is O=C(Nn1cnc2ccccc21)[C@H]1CCCN1C(=O)c1cc(Cl)cc(Cl)c1. The van der Waals surface area contributed by atoms with Crippen LogP contribution in [0, 0.1) is 0 Å². The van der Waals surface area contributed by atoms with Gasteiger partial charge in [-0.15, -0.1) is 0 Å². The fraction of sp³-hybridized carbons (Fsp3) is 0.211. The van der Waals surface area contributed by atoms with E-state index in [2.05, 4.69) is 10.4 Å². The molecule has 2 amide bonds. The van der Waals surface area contributed by atoms with Crippen molar-refractivity contribution in [1.29, 1.82) is 0 Å². The maximum atomic E-state index is 12.9. The third kappa shape index (κ3) is 3.50. The minimum absolute atomic E-state index is 0.253. The first-order valence-electron chi connectivity index (χ1n) is 8.53. The molecule has 1 fully saturated rings. The van der Waals surface area contributed by atoms with Gasteiger partial charge < -0.3 is 4.90 Å². The summed E-state index contributed by atoms with van der Waals surface area (Å²) in [5.41, 5.74) is 4.79. The van der Waals surface area contributed by atoms with Crippen molar-refractivity contribution >= 4 is 46.0 Å². The molecule has 0 radical (unpaired) electrons. The Bertz CT molecular complexity index is 1010. The second-order valence-corrected chi connectivity index (χ2v) is 7.27. The molecule has 2 aromatic carbocycles. The summed E-state index contributed by atoms with van der Waals surface area (Å²) >= 11 is 12.0. The molecule has 1 atom stereocenters. The lowest BCUT2D eigenvalue weighted by Gasteiger charge is -2.24. The number of amides is 2. The molecule has 6 nitrogen and oxygen atoms in total.